The number of fused-ring (bicyclic) bond motifs is 1. The van der Waals surface area contributed by atoms with Gasteiger partial charge in [-0.1, -0.05) is 0 Å². The number of carbonyl (C=O) groups is 1. The highest BCUT2D eigenvalue weighted by Gasteiger charge is 2.37. The van der Waals surface area contributed by atoms with E-state index in [1.54, 1.807) is 12.1 Å². The van der Waals surface area contributed by atoms with Gasteiger partial charge in [0, 0.05) is 17.2 Å². The maximum absolute atomic E-state index is 13.3. The van der Waals surface area contributed by atoms with Crippen molar-refractivity contribution in [3.63, 3.8) is 0 Å². The van der Waals surface area contributed by atoms with Gasteiger partial charge in [-0.15, -0.1) is 0 Å². The van der Waals surface area contributed by atoms with Gasteiger partial charge in [-0.05, 0) is 56.0 Å². The summed E-state index contributed by atoms with van der Waals surface area (Å²) in [6, 6.07) is 4.96. The molecule has 3 aromatic heterocycles. The van der Waals surface area contributed by atoms with E-state index in [0.29, 0.717) is 36.2 Å². The first kappa shape index (κ1) is 25.3. The molecule has 0 saturated heterocycles. The third-order valence-electron chi connectivity index (χ3n) is 5.95. The van der Waals surface area contributed by atoms with Crippen LogP contribution in [0, 0.1) is 0 Å². The number of aromatic amines is 1. The van der Waals surface area contributed by atoms with Crippen molar-refractivity contribution in [2.75, 3.05) is 5.32 Å². The number of nitrogens with one attached hydrogen (secondary N) is 2. The molecule has 14 heteroatoms. The number of amides is 1. The molecule has 0 radical (unpaired) electrons. The Morgan fingerprint density at radius 3 is 2.32 bits per heavy atom. The molecule has 1 aliphatic rings. The second-order valence-corrected chi connectivity index (χ2v) is 8.57. The summed E-state index contributed by atoms with van der Waals surface area (Å²) >= 11 is 0. The topological polar surface area (TPSA) is 106 Å². The molecule has 0 saturated carbocycles. The third kappa shape index (κ3) is 4.93. The molecule has 2 N–H and O–H groups in total. The van der Waals surface area contributed by atoms with Crippen molar-refractivity contribution in [1.82, 2.24) is 19.7 Å². The summed E-state index contributed by atoms with van der Waals surface area (Å²) in [5.41, 5.74) is -3.35. The summed E-state index contributed by atoms with van der Waals surface area (Å²) in [6.07, 6.45) is -6.21. The van der Waals surface area contributed by atoms with Crippen LogP contribution < -0.4 is 10.9 Å². The van der Waals surface area contributed by atoms with Crippen LogP contribution in [-0.2, 0) is 25.2 Å². The molecule has 8 nitrogen and oxygen atoms in total. The number of carbonyl (C=O) groups excluding carboxylic acids is 1. The molecular weight excluding hydrogens is 520 g/mol. The molecular formula is C24H17F6N5O3. The molecule has 1 aliphatic carbocycles. The zero-order valence-corrected chi connectivity index (χ0v) is 19.2. The van der Waals surface area contributed by atoms with Gasteiger partial charge in [0.2, 0.25) is 5.95 Å². The summed E-state index contributed by atoms with van der Waals surface area (Å²) in [5, 5.41) is 6.58. The number of nitrogens with zero attached hydrogens (tertiary/aromatic N) is 3. The third-order valence-corrected chi connectivity index (χ3v) is 5.95. The summed E-state index contributed by atoms with van der Waals surface area (Å²) in [5.74, 6) is -1.29. The van der Waals surface area contributed by atoms with E-state index in [0.717, 1.165) is 17.5 Å². The highest BCUT2D eigenvalue weighted by molar-refractivity contribution is 6.04. The van der Waals surface area contributed by atoms with Gasteiger partial charge in [-0.3, -0.25) is 14.6 Å². The van der Waals surface area contributed by atoms with Crippen molar-refractivity contribution in [2.24, 2.45) is 0 Å². The SMILES string of the molecule is O=C(Nc1cc(-c2ccco2)nn1-c1nc2c(c(=O)[nH]1)CCCC2)c1cc(C(F)(F)F)cc(C(F)(F)F)c1. The molecule has 4 aromatic rings. The van der Waals surface area contributed by atoms with E-state index in [1.807, 2.05) is 0 Å². The average molecular weight is 537 g/mol. The van der Waals surface area contributed by atoms with E-state index < -0.39 is 40.5 Å². The number of H-pyrrole nitrogens is 1. The summed E-state index contributed by atoms with van der Waals surface area (Å²) in [4.78, 5) is 32.6. The molecule has 1 amide bonds. The van der Waals surface area contributed by atoms with Crippen LogP contribution >= 0.6 is 0 Å². The molecule has 0 aliphatic heterocycles. The summed E-state index contributed by atoms with van der Waals surface area (Å²) in [6.45, 7) is 0. The number of furan rings is 1. The number of benzene rings is 1. The van der Waals surface area contributed by atoms with Gasteiger partial charge in [0.1, 0.15) is 11.5 Å². The van der Waals surface area contributed by atoms with Crippen molar-refractivity contribution in [3.05, 3.63) is 81.0 Å². The molecule has 0 unspecified atom stereocenters. The Morgan fingerprint density at radius 1 is 1.00 bits per heavy atom. The second kappa shape index (κ2) is 9.19. The maximum atomic E-state index is 13.3. The Bertz CT molecular complexity index is 1540. The average Bonchev–Trinajstić information content (AvgIpc) is 3.53. The highest BCUT2D eigenvalue weighted by atomic mass is 19.4. The minimum atomic E-state index is -5.13. The van der Waals surface area contributed by atoms with Gasteiger partial charge in [0.15, 0.2) is 5.76 Å². The van der Waals surface area contributed by atoms with E-state index in [9.17, 15) is 35.9 Å². The Labute approximate surface area is 209 Å². The number of rotatable bonds is 4. The molecule has 0 bridgehead atoms. The largest absolute Gasteiger partial charge is 0.463 e. The van der Waals surface area contributed by atoms with Crippen LogP contribution in [0.3, 0.4) is 0 Å². The van der Waals surface area contributed by atoms with Crippen LogP contribution in [0.4, 0.5) is 32.2 Å². The van der Waals surface area contributed by atoms with Gasteiger partial charge in [-0.25, -0.2) is 4.98 Å². The summed E-state index contributed by atoms with van der Waals surface area (Å²) < 4.78 is 86.0. The van der Waals surface area contributed by atoms with Crippen molar-refractivity contribution >= 4 is 11.7 Å². The smallest absolute Gasteiger partial charge is 0.416 e. The first-order valence-electron chi connectivity index (χ1n) is 11.3. The molecule has 38 heavy (non-hydrogen) atoms. The minimum absolute atomic E-state index is 0.0716. The van der Waals surface area contributed by atoms with E-state index in [2.05, 4.69) is 20.4 Å². The monoisotopic (exact) mass is 537 g/mol. The standard InChI is InChI=1S/C24H17F6N5O3/c25-23(26,27)13-8-12(9-14(10-13)24(28,29)30)20(36)32-19-11-17(18-6-3-7-38-18)34-35(19)22-31-16-5-2-1-4-15(16)21(37)33-22/h3,6-11H,1-2,4-5H2,(H,32,36)(H,31,33,37). The number of halogens is 6. The van der Waals surface area contributed by atoms with Crippen LogP contribution in [0.2, 0.25) is 0 Å². The Balaban J connectivity index is 1.59. The first-order valence-corrected chi connectivity index (χ1v) is 11.3. The predicted molar refractivity (Wildman–Crippen MR) is 121 cm³/mol. The molecule has 1 aromatic carbocycles. The van der Waals surface area contributed by atoms with Crippen molar-refractivity contribution < 1.29 is 35.6 Å². The number of aromatic nitrogens is 4. The fraction of sp³-hybridized carbons (Fsp3) is 0.250. The normalized spacial score (nSPS) is 13.8. The zero-order chi connectivity index (χ0) is 27.2. The lowest BCUT2D eigenvalue weighted by molar-refractivity contribution is -0.143. The minimum Gasteiger partial charge on any atom is -0.463 e. The number of hydrogen-bond acceptors (Lipinski definition) is 5. The lowest BCUT2D eigenvalue weighted by Crippen LogP contribution is -2.25. The molecule has 198 valence electrons. The number of hydrogen-bond donors (Lipinski definition) is 2. The molecule has 0 spiro atoms. The van der Waals surface area contributed by atoms with Crippen LogP contribution in [0.25, 0.3) is 17.4 Å². The Kier molecular flexibility index (Phi) is 6.12. The van der Waals surface area contributed by atoms with E-state index >= 15 is 0 Å². The van der Waals surface area contributed by atoms with Crippen LogP contribution in [0.1, 0.15) is 45.6 Å². The molecule has 3 heterocycles. The fourth-order valence-corrected chi connectivity index (χ4v) is 4.14. The quantitative estimate of drug-likeness (QED) is 0.340. The van der Waals surface area contributed by atoms with Gasteiger partial charge in [0.05, 0.1) is 23.1 Å². The van der Waals surface area contributed by atoms with Crippen molar-refractivity contribution in [1.29, 1.82) is 0 Å². The van der Waals surface area contributed by atoms with Gasteiger partial charge in [0.25, 0.3) is 11.5 Å². The molecule has 0 fully saturated rings. The Morgan fingerprint density at radius 2 is 1.68 bits per heavy atom. The van der Waals surface area contributed by atoms with E-state index in [4.69, 9.17) is 4.42 Å². The van der Waals surface area contributed by atoms with Crippen molar-refractivity contribution in [2.45, 2.75) is 38.0 Å². The van der Waals surface area contributed by atoms with Crippen LogP contribution in [0.5, 0.6) is 0 Å². The van der Waals surface area contributed by atoms with E-state index in [1.165, 1.54) is 12.3 Å². The first-order chi connectivity index (χ1) is 17.9. The number of aryl methyl sites for hydroxylation is 1. The lowest BCUT2D eigenvalue weighted by Gasteiger charge is -2.16. The van der Waals surface area contributed by atoms with Gasteiger partial charge < -0.3 is 9.73 Å². The Hall–Kier alpha value is -4.36. The van der Waals surface area contributed by atoms with Gasteiger partial charge >= 0.3 is 12.4 Å². The maximum Gasteiger partial charge on any atom is 0.416 e. The number of alkyl halides is 6. The molecule has 5 rings (SSSR count). The second-order valence-electron chi connectivity index (χ2n) is 8.57. The fourth-order valence-electron chi connectivity index (χ4n) is 4.14. The molecule has 0 atom stereocenters. The lowest BCUT2D eigenvalue weighted by atomic mass is 9.97. The number of anilines is 1. The van der Waals surface area contributed by atoms with E-state index in [-0.39, 0.29) is 29.3 Å². The van der Waals surface area contributed by atoms with Crippen LogP contribution in [-0.4, -0.2) is 25.7 Å². The van der Waals surface area contributed by atoms with Crippen LogP contribution in [0.15, 0.2) is 51.9 Å². The van der Waals surface area contributed by atoms with Crippen molar-refractivity contribution in [3.8, 4) is 17.4 Å². The highest BCUT2D eigenvalue weighted by Crippen LogP contribution is 2.36. The van der Waals surface area contributed by atoms with Gasteiger partial charge in [-0.2, -0.15) is 36.1 Å². The summed E-state index contributed by atoms with van der Waals surface area (Å²) in [7, 11) is 0. The zero-order valence-electron chi connectivity index (χ0n) is 19.2. The predicted octanol–water partition coefficient (Wildman–Crippen LogP) is 5.38.